The summed E-state index contributed by atoms with van der Waals surface area (Å²) in [5.41, 5.74) is 7.15. The smallest absolute Gasteiger partial charge is 0.248 e. The van der Waals surface area contributed by atoms with E-state index in [0.29, 0.717) is 11.3 Å². The van der Waals surface area contributed by atoms with Crippen LogP contribution < -0.4 is 11.1 Å². The normalized spacial score (nSPS) is 10.3. The first kappa shape index (κ1) is 14.0. The molecule has 0 aliphatic heterocycles. The van der Waals surface area contributed by atoms with Crippen LogP contribution >= 0.6 is 0 Å². The minimum Gasteiger partial charge on any atom is -0.381 e. The number of rotatable bonds is 4. The zero-order chi connectivity index (χ0) is 14.7. The van der Waals surface area contributed by atoms with Crippen molar-refractivity contribution in [3.63, 3.8) is 0 Å². The number of carbonyl (C=O) groups is 1. The van der Waals surface area contributed by atoms with Crippen molar-refractivity contribution in [2.75, 3.05) is 5.32 Å². The minimum atomic E-state index is -0.607. The second-order valence-electron chi connectivity index (χ2n) is 4.48. The second kappa shape index (κ2) is 5.69. The highest BCUT2D eigenvalue weighted by Crippen LogP contribution is 2.18. The Morgan fingerprint density at radius 1 is 1.20 bits per heavy atom. The van der Waals surface area contributed by atoms with Crippen LogP contribution in [0.3, 0.4) is 0 Å². The summed E-state index contributed by atoms with van der Waals surface area (Å²) in [6.07, 6.45) is 0. The standard InChI is InChI=1S/C15H14F2N2O/c1-9-6-12(16)3-5-14(9)19-8-11-7-10(15(18)20)2-4-13(11)17/h2-7,19H,8H2,1H3,(H2,18,20). The zero-order valence-electron chi connectivity index (χ0n) is 10.9. The molecule has 0 spiro atoms. The Bertz CT molecular complexity index is 656. The molecule has 20 heavy (non-hydrogen) atoms. The van der Waals surface area contributed by atoms with Crippen molar-refractivity contribution in [3.8, 4) is 0 Å². The molecule has 2 aromatic carbocycles. The number of halogens is 2. The van der Waals surface area contributed by atoms with Crippen LogP contribution in [-0.2, 0) is 6.54 Å². The molecule has 0 radical (unpaired) electrons. The zero-order valence-corrected chi connectivity index (χ0v) is 10.9. The Labute approximate surface area is 115 Å². The van der Waals surface area contributed by atoms with Gasteiger partial charge in [0.1, 0.15) is 11.6 Å². The van der Waals surface area contributed by atoms with Crippen molar-refractivity contribution in [2.45, 2.75) is 13.5 Å². The van der Waals surface area contributed by atoms with Gasteiger partial charge in [-0.05, 0) is 48.9 Å². The molecule has 2 rings (SSSR count). The molecule has 0 unspecified atom stereocenters. The van der Waals surface area contributed by atoms with Crippen LogP contribution in [-0.4, -0.2) is 5.91 Å². The first-order valence-corrected chi connectivity index (χ1v) is 6.05. The third-order valence-corrected chi connectivity index (χ3v) is 2.99. The van der Waals surface area contributed by atoms with E-state index < -0.39 is 11.7 Å². The summed E-state index contributed by atoms with van der Waals surface area (Å²) in [4.78, 5) is 11.1. The van der Waals surface area contributed by atoms with Crippen LogP contribution in [0.25, 0.3) is 0 Å². The topological polar surface area (TPSA) is 55.1 Å². The third kappa shape index (κ3) is 3.12. The molecule has 2 aromatic rings. The third-order valence-electron chi connectivity index (χ3n) is 2.99. The molecule has 5 heteroatoms. The molecule has 0 aliphatic rings. The fourth-order valence-corrected chi connectivity index (χ4v) is 1.88. The lowest BCUT2D eigenvalue weighted by atomic mass is 10.1. The Morgan fingerprint density at radius 2 is 1.95 bits per heavy atom. The van der Waals surface area contributed by atoms with E-state index in [-0.39, 0.29) is 17.9 Å². The second-order valence-corrected chi connectivity index (χ2v) is 4.48. The van der Waals surface area contributed by atoms with Gasteiger partial charge in [0.2, 0.25) is 5.91 Å². The van der Waals surface area contributed by atoms with Crippen LogP contribution in [0.2, 0.25) is 0 Å². The number of carbonyl (C=O) groups excluding carboxylic acids is 1. The average molecular weight is 276 g/mol. The monoisotopic (exact) mass is 276 g/mol. The minimum absolute atomic E-state index is 0.180. The number of nitrogens with two attached hydrogens (primary N) is 1. The van der Waals surface area contributed by atoms with Gasteiger partial charge in [-0.1, -0.05) is 0 Å². The maximum atomic E-state index is 13.6. The van der Waals surface area contributed by atoms with Gasteiger partial charge < -0.3 is 11.1 Å². The quantitative estimate of drug-likeness (QED) is 0.902. The molecule has 0 saturated heterocycles. The Hall–Kier alpha value is -2.43. The summed E-state index contributed by atoms with van der Waals surface area (Å²) < 4.78 is 26.6. The molecule has 0 aliphatic carbocycles. The van der Waals surface area contributed by atoms with E-state index >= 15 is 0 Å². The highest BCUT2D eigenvalue weighted by molar-refractivity contribution is 5.92. The van der Waals surface area contributed by atoms with Crippen molar-refractivity contribution >= 4 is 11.6 Å². The van der Waals surface area contributed by atoms with Gasteiger partial charge >= 0.3 is 0 Å². The molecule has 3 N–H and O–H groups in total. The number of nitrogens with one attached hydrogen (secondary N) is 1. The molecular formula is C15H14F2N2O. The summed E-state index contributed by atoms with van der Waals surface area (Å²) in [7, 11) is 0. The largest absolute Gasteiger partial charge is 0.381 e. The van der Waals surface area contributed by atoms with Gasteiger partial charge in [-0.15, -0.1) is 0 Å². The highest BCUT2D eigenvalue weighted by atomic mass is 19.1. The molecule has 0 bridgehead atoms. The first-order valence-electron chi connectivity index (χ1n) is 6.05. The number of aryl methyl sites for hydroxylation is 1. The Kier molecular flexibility index (Phi) is 3.98. The van der Waals surface area contributed by atoms with E-state index in [1.165, 1.54) is 30.3 Å². The van der Waals surface area contributed by atoms with Crippen LogP contribution in [0.5, 0.6) is 0 Å². The van der Waals surface area contributed by atoms with Gasteiger partial charge in [0, 0.05) is 23.4 Å². The summed E-state index contributed by atoms with van der Waals surface area (Å²) in [5.74, 6) is -1.36. The fourth-order valence-electron chi connectivity index (χ4n) is 1.88. The number of amides is 1. The van der Waals surface area contributed by atoms with Gasteiger partial charge in [-0.3, -0.25) is 4.79 Å². The van der Waals surface area contributed by atoms with Crippen LogP contribution in [0.1, 0.15) is 21.5 Å². The first-order chi connectivity index (χ1) is 9.47. The van der Waals surface area contributed by atoms with Gasteiger partial charge in [0.15, 0.2) is 0 Å². The number of hydrogen-bond acceptors (Lipinski definition) is 2. The molecule has 3 nitrogen and oxygen atoms in total. The molecule has 104 valence electrons. The van der Waals surface area contributed by atoms with Crippen molar-refractivity contribution in [3.05, 3.63) is 64.7 Å². The molecule has 0 fully saturated rings. The van der Waals surface area contributed by atoms with Crippen LogP contribution in [0, 0.1) is 18.6 Å². The van der Waals surface area contributed by atoms with Crippen molar-refractivity contribution < 1.29 is 13.6 Å². The molecule has 0 atom stereocenters. The number of anilines is 1. The molecule has 0 saturated carbocycles. The molecule has 0 aromatic heterocycles. The van der Waals surface area contributed by atoms with Crippen LogP contribution in [0.15, 0.2) is 36.4 Å². The lowest BCUT2D eigenvalue weighted by Gasteiger charge is -2.11. The Balaban J connectivity index is 2.18. The lowest BCUT2D eigenvalue weighted by molar-refractivity contribution is 0.1000. The predicted octanol–water partition coefficient (Wildman–Crippen LogP) is 2.98. The summed E-state index contributed by atoms with van der Waals surface area (Å²) in [6.45, 7) is 1.93. The van der Waals surface area contributed by atoms with E-state index in [2.05, 4.69) is 5.32 Å². The van der Waals surface area contributed by atoms with Crippen LogP contribution in [0.4, 0.5) is 14.5 Å². The number of benzene rings is 2. The van der Waals surface area contributed by atoms with Gasteiger partial charge in [0.25, 0.3) is 0 Å². The number of primary amides is 1. The van der Waals surface area contributed by atoms with Crippen molar-refractivity contribution in [2.24, 2.45) is 5.73 Å². The van der Waals surface area contributed by atoms with E-state index in [1.807, 2.05) is 0 Å². The van der Waals surface area contributed by atoms with E-state index in [9.17, 15) is 13.6 Å². The lowest BCUT2D eigenvalue weighted by Crippen LogP contribution is -2.12. The van der Waals surface area contributed by atoms with Gasteiger partial charge in [-0.2, -0.15) is 0 Å². The SMILES string of the molecule is Cc1cc(F)ccc1NCc1cc(C(N)=O)ccc1F. The highest BCUT2D eigenvalue weighted by Gasteiger charge is 2.08. The predicted molar refractivity (Wildman–Crippen MR) is 73.4 cm³/mol. The maximum absolute atomic E-state index is 13.6. The van der Waals surface area contributed by atoms with E-state index in [4.69, 9.17) is 5.73 Å². The Morgan fingerprint density at radius 3 is 2.60 bits per heavy atom. The average Bonchev–Trinajstić information content (AvgIpc) is 2.39. The summed E-state index contributed by atoms with van der Waals surface area (Å²) in [5, 5.41) is 3.00. The van der Waals surface area contributed by atoms with Crippen molar-refractivity contribution in [1.82, 2.24) is 0 Å². The van der Waals surface area contributed by atoms with Gasteiger partial charge in [-0.25, -0.2) is 8.78 Å². The fraction of sp³-hybridized carbons (Fsp3) is 0.133. The molecule has 0 heterocycles. The van der Waals surface area contributed by atoms with Crippen molar-refractivity contribution in [1.29, 1.82) is 0 Å². The number of hydrogen-bond donors (Lipinski definition) is 2. The summed E-state index contributed by atoms with van der Waals surface area (Å²) in [6, 6.07) is 8.24. The van der Waals surface area contributed by atoms with E-state index in [1.54, 1.807) is 13.0 Å². The molecule has 1 amide bonds. The van der Waals surface area contributed by atoms with E-state index in [0.717, 1.165) is 5.56 Å². The van der Waals surface area contributed by atoms with Gasteiger partial charge in [0.05, 0.1) is 0 Å². The maximum Gasteiger partial charge on any atom is 0.248 e. The summed E-state index contributed by atoms with van der Waals surface area (Å²) >= 11 is 0. The molecular weight excluding hydrogens is 262 g/mol.